The number of thioether (sulfide) groups is 1. The average Bonchev–Trinajstić information content (AvgIpc) is 3.61. The fourth-order valence-electron chi connectivity index (χ4n) is 7.76. The van der Waals surface area contributed by atoms with Crippen molar-refractivity contribution in [2.24, 2.45) is 0 Å². The average molecular weight is 762 g/mol. The molecule has 0 saturated heterocycles. The number of rotatable bonds is 11. The summed E-state index contributed by atoms with van der Waals surface area (Å²) in [4.78, 5) is 3.70. The van der Waals surface area contributed by atoms with Gasteiger partial charge in [-0.2, -0.15) is 4.57 Å². The molecule has 0 bridgehead atoms. The molecule has 1 aliphatic heterocycles. The van der Waals surface area contributed by atoms with Crippen LogP contribution in [0.5, 0.6) is 11.5 Å². The highest BCUT2D eigenvalue weighted by Gasteiger charge is 2.26. The van der Waals surface area contributed by atoms with E-state index < -0.39 is 0 Å². The van der Waals surface area contributed by atoms with Gasteiger partial charge in [0.2, 0.25) is 5.52 Å². The minimum absolute atomic E-state index is 0.566. The van der Waals surface area contributed by atoms with Crippen molar-refractivity contribution >= 4 is 66.7 Å². The first-order valence-electron chi connectivity index (χ1n) is 19.7. The van der Waals surface area contributed by atoms with E-state index in [1.807, 2.05) is 11.8 Å². The number of fused-ring (bicyclic) bond motifs is 6. The Labute approximate surface area is 339 Å². The molecular weight excluding hydrogens is 717 g/mol. The number of ether oxygens (including phenoxy) is 2. The molecule has 2 heterocycles. The highest BCUT2D eigenvalue weighted by Crippen LogP contribution is 2.49. The summed E-state index contributed by atoms with van der Waals surface area (Å²) in [6.45, 7) is 9.19. The molecule has 5 heteroatoms. The van der Waals surface area contributed by atoms with Crippen LogP contribution >= 0.6 is 11.8 Å². The second-order valence-electron chi connectivity index (χ2n) is 14.7. The first-order valence-corrected chi connectivity index (χ1v) is 20.5. The smallest absolute Gasteiger partial charge is 0.213 e. The van der Waals surface area contributed by atoms with Gasteiger partial charge in [0.15, 0.2) is 12.7 Å². The van der Waals surface area contributed by atoms with E-state index in [1.165, 1.54) is 70.3 Å². The molecule has 1 aliphatic rings. The lowest BCUT2D eigenvalue weighted by Crippen LogP contribution is -2.37. The van der Waals surface area contributed by atoms with Crippen LogP contribution in [0.15, 0.2) is 179 Å². The SMILES string of the molecule is CC(/C=C/c1cc[n+](CCOc2cccc3ccccc23)c2cc(C)c(C)cc12)=C\C=C1/Sc2c(ccc3ccccc23)N1CCOc1cccc2ccccc12. The molecule has 0 spiro atoms. The second-order valence-corrected chi connectivity index (χ2v) is 15.7. The number of aromatic nitrogens is 1. The van der Waals surface area contributed by atoms with Crippen molar-refractivity contribution in [3.63, 3.8) is 0 Å². The van der Waals surface area contributed by atoms with Gasteiger partial charge in [0.1, 0.15) is 24.7 Å². The fourth-order valence-corrected chi connectivity index (χ4v) is 8.98. The number of hydrogen-bond donors (Lipinski definition) is 0. The summed E-state index contributed by atoms with van der Waals surface area (Å²) in [6.07, 6.45) is 11.2. The Hall–Kier alpha value is -6.30. The number of anilines is 1. The van der Waals surface area contributed by atoms with Crippen molar-refractivity contribution in [3.05, 3.63) is 191 Å². The highest BCUT2D eigenvalue weighted by atomic mass is 32.2. The monoisotopic (exact) mass is 761 g/mol. The molecule has 8 aromatic rings. The van der Waals surface area contributed by atoms with E-state index >= 15 is 0 Å². The fraction of sp³-hybridized carbons (Fsp3) is 0.135. The Morgan fingerprint density at radius 2 is 1.26 bits per heavy atom. The van der Waals surface area contributed by atoms with E-state index in [1.54, 1.807) is 0 Å². The molecule has 280 valence electrons. The zero-order valence-electron chi connectivity index (χ0n) is 32.6. The lowest BCUT2D eigenvalue weighted by Gasteiger charge is -2.21. The van der Waals surface area contributed by atoms with Crippen molar-refractivity contribution in [2.75, 3.05) is 24.7 Å². The Morgan fingerprint density at radius 1 is 0.649 bits per heavy atom. The quantitative estimate of drug-likeness (QED) is 0.0968. The van der Waals surface area contributed by atoms with Crippen LogP contribution in [0.25, 0.3) is 49.3 Å². The van der Waals surface area contributed by atoms with Crippen molar-refractivity contribution in [1.82, 2.24) is 0 Å². The minimum atomic E-state index is 0.566. The van der Waals surface area contributed by atoms with Crippen molar-refractivity contribution in [2.45, 2.75) is 32.2 Å². The molecule has 7 aromatic carbocycles. The third-order valence-electron chi connectivity index (χ3n) is 11.0. The van der Waals surface area contributed by atoms with E-state index in [-0.39, 0.29) is 0 Å². The van der Waals surface area contributed by atoms with Crippen LogP contribution in [0.3, 0.4) is 0 Å². The van der Waals surface area contributed by atoms with Crippen LogP contribution in [0, 0.1) is 13.8 Å². The number of pyridine rings is 1. The molecule has 0 amide bonds. The van der Waals surface area contributed by atoms with Crippen LogP contribution in [-0.2, 0) is 6.54 Å². The number of benzene rings is 7. The largest absolute Gasteiger partial charge is 0.491 e. The summed E-state index contributed by atoms with van der Waals surface area (Å²) in [7, 11) is 0. The summed E-state index contributed by atoms with van der Waals surface area (Å²) < 4.78 is 15.1. The van der Waals surface area contributed by atoms with Gasteiger partial charge >= 0.3 is 0 Å². The molecule has 1 aromatic heterocycles. The summed E-state index contributed by atoms with van der Waals surface area (Å²) >= 11 is 1.84. The standard InChI is InChI=1S/C52H45N2O2S/c1-36(22-24-42-28-29-53(48-35-38(3)37(2)34-46(42)48)30-32-55-49-20-10-15-39-12-4-7-17-43(39)49)23-27-51-54(47-26-25-41-14-6-9-19-45(41)52(47)57-51)31-33-56-50-21-11-16-40-13-5-8-18-44(40)50/h4-29,34-35H,30-33H2,1-3H3/q+1. The van der Waals surface area contributed by atoms with Gasteiger partial charge < -0.3 is 14.4 Å². The zero-order valence-corrected chi connectivity index (χ0v) is 33.4. The zero-order chi connectivity index (χ0) is 38.7. The Balaban J connectivity index is 0.956. The molecule has 0 unspecified atom stereocenters. The van der Waals surface area contributed by atoms with Crippen molar-refractivity contribution in [1.29, 1.82) is 0 Å². The van der Waals surface area contributed by atoms with Crippen LogP contribution in [0.4, 0.5) is 5.69 Å². The maximum absolute atomic E-state index is 6.45. The molecule has 57 heavy (non-hydrogen) atoms. The molecule has 4 nitrogen and oxygen atoms in total. The van der Waals surface area contributed by atoms with Crippen LogP contribution in [-0.4, -0.2) is 19.8 Å². The first kappa shape index (κ1) is 36.3. The summed E-state index contributed by atoms with van der Waals surface area (Å²) in [5.41, 5.74) is 7.37. The van der Waals surface area contributed by atoms with Crippen LogP contribution in [0.1, 0.15) is 23.6 Å². The van der Waals surface area contributed by atoms with Crippen molar-refractivity contribution < 1.29 is 14.0 Å². The Kier molecular flexibility index (Phi) is 10.2. The summed E-state index contributed by atoms with van der Waals surface area (Å²) in [6, 6.07) is 49.3. The summed E-state index contributed by atoms with van der Waals surface area (Å²) in [5.74, 6) is 1.84. The second kappa shape index (κ2) is 16.0. The van der Waals surface area contributed by atoms with Gasteiger partial charge in [-0.15, -0.1) is 0 Å². The molecule has 0 N–H and O–H groups in total. The van der Waals surface area contributed by atoms with E-state index in [2.05, 4.69) is 200 Å². The molecule has 0 saturated carbocycles. The van der Waals surface area contributed by atoms with Gasteiger partial charge in [0.05, 0.1) is 22.6 Å². The van der Waals surface area contributed by atoms with E-state index in [9.17, 15) is 0 Å². The molecular formula is C52H45N2O2S+. The molecule has 0 fully saturated rings. The Morgan fingerprint density at radius 3 is 1.98 bits per heavy atom. The normalized spacial score (nSPS) is 13.8. The number of allylic oxidation sites excluding steroid dienone is 4. The molecule has 9 rings (SSSR count). The molecule has 0 atom stereocenters. The lowest BCUT2D eigenvalue weighted by molar-refractivity contribution is -0.672. The maximum atomic E-state index is 6.45. The van der Waals surface area contributed by atoms with E-state index in [4.69, 9.17) is 9.47 Å². The lowest BCUT2D eigenvalue weighted by atomic mass is 10.0. The summed E-state index contributed by atoms with van der Waals surface area (Å²) in [5, 5.41) is 9.63. The molecule has 0 radical (unpaired) electrons. The first-order chi connectivity index (χ1) is 28.0. The van der Waals surface area contributed by atoms with Crippen LogP contribution < -0.4 is 18.9 Å². The van der Waals surface area contributed by atoms with E-state index in [0.29, 0.717) is 13.2 Å². The van der Waals surface area contributed by atoms with Gasteiger partial charge in [-0.1, -0.05) is 139 Å². The van der Waals surface area contributed by atoms with E-state index in [0.717, 1.165) is 35.4 Å². The number of hydrogen-bond acceptors (Lipinski definition) is 4. The molecule has 0 aliphatic carbocycles. The number of nitrogens with zero attached hydrogens (tertiary/aromatic N) is 2. The third-order valence-corrected chi connectivity index (χ3v) is 12.2. The minimum Gasteiger partial charge on any atom is -0.491 e. The van der Waals surface area contributed by atoms with Gasteiger partial charge in [0, 0.05) is 27.8 Å². The third kappa shape index (κ3) is 7.51. The van der Waals surface area contributed by atoms with Gasteiger partial charge in [-0.25, -0.2) is 0 Å². The van der Waals surface area contributed by atoms with Crippen LogP contribution in [0.2, 0.25) is 0 Å². The van der Waals surface area contributed by atoms with Gasteiger partial charge in [-0.3, -0.25) is 0 Å². The predicted molar refractivity (Wildman–Crippen MR) is 241 cm³/mol. The number of aryl methyl sites for hydroxylation is 2. The van der Waals surface area contributed by atoms with Crippen molar-refractivity contribution in [3.8, 4) is 11.5 Å². The van der Waals surface area contributed by atoms with Gasteiger partial charge in [0.25, 0.3) is 0 Å². The van der Waals surface area contributed by atoms with Gasteiger partial charge in [-0.05, 0) is 89.3 Å². The predicted octanol–water partition coefficient (Wildman–Crippen LogP) is 12.8. The highest BCUT2D eigenvalue weighted by molar-refractivity contribution is 8.04. The Bertz CT molecular complexity index is 2880. The maximum Gasteiger partial charge on any atom is 0.213 e. The topological polar surface area (TPSA) is 25.6 Å².